The van der Waals surface area contributed by atoms with E-state index in [2.05, 4.69) is 21.3 Å². The highest BCUT2D eigenvalue weighted by molar-refractivity contribution is 5.97. The number of hydrogen-bond acceptors (Lipinski definition) is 10. The van der Waals surface area contributed by atoms with Crippen molar-refractivity contribution in [2.24, 2.45) is 11.7 Å². The van der Waals surface area contributed by atoms with Crippen molar-refractivity contribution in [2.75, 3.05) is 13.2 Å². The number of hydrogen-bond donors (Lipinski definition) is 9. The number of carbonyl (C=O) groups is 7. The van der Waals surface area contributed by atoms with Crippen LogP contribution >= 0.6 is 0 Å². The second-order valence-electron chi connectivity index (χ2n) is 12.0. The molecule has 0 unspecified atom stereocenters. The third kappa shape index (κ3) is 11.6. The Hall–Kier alpha value is -4.61. The van der Waals surface area contributed by atoms with Gasteiger partial charge in [0.15, 0.2) is 0 Å². The molecule has 1 aromatic rings. The number of rotatable bonds is 18. The van der Waals surface area contributed by atoms with E-state index < -0.39 is 109 Å². The zero-order valence-electron chi connectivity index (χ0n) is 27.1. The molecule has 10 N–H and O–H groups in total. The Morgan fingerprint density at radius 2 is 1.48 bits per heavy atom. The van der Waals surface area contributed by atoms with Crippen LogP contribution in [0.4, 0.5) is 0 Å². The lowest BCUT2D eigenvalue weighted by Crippen LogP contribution is -2.62. The lowest BCUT2D eigenvalue weighted by atomic mass is 10.0. The van der Waals surface area contributed by atoms with Crippen molar-refractivity contribution in [1.82, 2.24) is 26.2 Å². The van der Waals surface area contributed by atoms with Crippen molar-refractivity contribution in [3.05, 3.63) is 35.9 Å². The van der Waals surface area contributed by atoms with Gasteiger partial charge in [-0.1, -0.05) is 44.2 Å². The molecular formula is C31H46N6O11. The average Bonchev–Trinajstić information content (AvgIpc) is 3.52. The maximum absolute atomic E-state index is 13.4. The van der Waals surface area contributed by atoms with E-state index in [1.165, 1.54) is 18.7 Å². The van der Waals surface area contributed by atoms with E-state index in [1.807, 2.05) is 18.2 Å². The van der Waals surface area contributed by atoms with Gasteiger partial charge in [-0.15, -0.1) is 0 Å². The molecule has 266 valence electrons. The van der Waals surface area contributed by atoms with Crippen molar-refractivity contribution >= 4 is 41.5 Å². The van der Waals surface area contributed by atoms with Crippen LogP contribution in [0.1, 0.15) is 52.0 Å². The largest absolute Gasteiger partial charge is 0.481 e. The summed E-state index contributed by atoms with van der Waals surface area (Å²) in [5.41, 5.74) is 6.99. The predicted octanol–water partition coefficient (Wildman–Crippen LogP) is -2.53. The van der Waals surface area contributed by atoms with Crippen molar-refractivity contribution in [2.45, 2.75) is 95.2 Å². The van der Waals surface area contributed by atoms with Gasteiger partial charge in [0.05, 0.1) is 18.8 Å². The van der Waals surface area contributed by atoms with E-state index in [-0.39, 0.29) is 19.4 Å². The van der Waals surface area contributed by atoms with E-state index in [9.17, 15) is 54.0 Å². The Labute approximate surface area is 277 Å². The summed E-state index contributed by atoms with van der Waals surface area (Å²) in [7, 11) is 0. The fourth-order valence-electron chi connectivity index (χ4n) is 5.16. The number of amides is 5. The lowest BCUT2D eigenvalue weighted by Gasteiger charge is -2.29. The van der Waals surface area contributed by atoms with Gasteiger partial charge in [-0.3, -0.25) is 28.8 Å². The third-order valence-electron chi connectivity index (χ3n) is 7.84. The van der Waals surface area contributed by atoms with Gasteiger partial charge in [-0.2, -0.15) is 0 Å². The first kappa shape index (κ1) is 39.6. The number of nitrogens with two attached hydrogens (primary N) is 1. The molecule has 0 spiro atoms. The quantitative estimate of drug-likeness (QED) is 0.0777. The number of nitrogens with one attached hydrogen (secondary N) is 4. The van der Waals surface area contributed by atoms with Crippen molar-refractivity contribution < 1.29 is 54.0 Å². The van der Waals surface area contributed by atoms with Crippen LogP contribution in [0.3, 0.4) is 0 Å². The van der Waals surface area contributed by atoms with Crippen molar-refractivity contribution in [3.8, 4) is 0 Å². The molecule has 1 heterocycles. The van der Waals surface area contributed by atoms with E-state index in [4.69, 9.17) is 5.73 Å². The van der Waals surface area contributed by atoms with Crippen molar-refractivity contribution in [3.63, 3.8) is 0 Å². The monoisotopic (exact) mass is 678 g/mol. The summed E-state index contributed by atoms with van der Waals surface area (Å²) < 4.78 is 0. The first-order valence-corrected chi connectivity index (χ1v) is 15.6. The number of carboxylic acids is 2. The highest BCUT2D eigenvalue weighted by Gasteiger charge is 2.39. The van der Waals surface area contributed by atoms with Crippen LogP contribution in [0.2, 0.25) is 0 Å². The number of carboxylic acid groups (broad SMARTS) is 2. The number of aliphatic carboxylic acids is 2. The summed E-state index contributed by atoms with van der Waals surface area (Å²) in [6.07, 6.45) is -1.60. The minimum atomic E-state index is -1.75. The zero-order valence-corrected chi connectivity index (χ0v) is 27.1. The smallest absolute Gasteiger partial charge is 0.326 e. The summed E-state index contributed by atoms with van der Waals surface area (Å²) in [4.78, 5) is 89.7. The average molecular weight is 679 g/mol. The molecule has 0 aromatic heterocycles. The van der Waals surface area contributed by atoms with Crippen molar-refractivity contribution in [1.29, 1.82) is 0 Å². The Kier molecular flexibility index (Phi) is 15.4. The molecule has 2 rings (SSSR count). The summed E-state index contributed by atoms with van der Waals surface area (Å²) in [6, 6.07) is 0.864. The lowest BCUT2D eigenvalue weighted by molar-refractivity contribution is -0.144. The normalized spacial score (nSPS) is 18.1. The number of nitrogens with zero attached hydrogens (tertiary/aromatic N) is 1. The second-order valence-corrected chi connectivity index (χ2v) is 12.0. The van der Waals surface area contributed by atoms with Gasteiger partial charge in [0.25, 0.3) is 0 Å². The van der Waals surface area contributed by atoms with Crippen LogP contribution in [-0.2, 0) is 40.0 Å². The molecule has 1 fully saturated rings. The summed E-state index contributed by atoms with van der Waals surface area (Å²) in [5.74, 6) is -7.59. The van der Waals surface area contributed by atoms with Crippen LogP contribution in [0.5, 0.6) is 0 Å². The highest BCUT2D eigenvalue weighted by Crippen LogP contribution is 2.20. The SMILES string of the molecule is CC(C)[C@H](NC(=O)[C@H](CO)NC(=O)[C@@H](NC(=O)[C@H](CCC(=O)O)NC(=O)[C@@H]1CCCN1C(=O)[C@@H](N)Cc1ccccc1)[C@@H](C)O)C(=O)O. The number of aliphatic hydroxyl groups is 2. The van der Waals surface area contributed by atoms with Gasteiger partial charge in [0, 0.05) is 13.0 Å². The standard InChI is InChI=1S/C31H46N6O11/c1-16(2)24(31(47)48)35-27(43)21(15-38)34-29(45)25(17(3)39)36-26(42)20(11-12-23(40)41)33-28(44)22-10-7-13-37(22)30(46)19(32)14-18-8-5-4-6-9-18/h4-6,8-9,16-17,19-22,24-25,38-39H,7,10-15,32H2,1-3H3,(H,33,44)(H,34,45)(H,35,43)(H,36,42)(H,40,41)(H,47,48)/t17-,19+,20+,21+,22+,24+,25+/m1/s1. The maximum atomic E-state index is 13.4. The molecular weight excluding hydrogens is 632 g/mol. The molecule has 5 amide bonds. The summed E-state index contributed by atoms with van der Waals surface area (Å²) >= 11 is 0. The predicted molar refractivity (Wildman–Crippen MR) is 169 cm³/mol. The highest BCUT2D eigenvalue weighted by atomic mass is 16.4. The van der Waals surface area contributed by atoms with E-state index in [1.54, 1.807) is 12.1 Å². The Morgan fingerprint density at radius 1 is 0.875 bits per heavy atom. The molecule has 0 radical (unpaired) electrons. The molecule has 0 bridgehead atoms. The Balaban J connectivity index is 2.16. The van der Waals surface area contributed by atoms with E-state index >= 15 is 0 Å². The molecule has 1 aromatic carbocycles. The first-order chi connectivity index (χ1) is 22.6. The number of likely N-dealkylation sites (tertiary alicyclic amines) is 1. The second kappa shape index (κ2) is 18.7. The summed E-state index contributed by atoms with van der Waals surface area (Å²) in [5, 5.41) is 47.6. The third-order valence-corrected chi connectivity index (χ3v) is 7.84. The molecule has 1 saturated heterocycles. The minimum absolute atomic E-state index is 0.230. The van der Waals surface area contributed by atoms with E-state index in [0.29, 0.717) is 6.42 Å². The molecule has 48 heavy (non-hydrogen) atoms. The topological polar surface area (TPSA) is 278 Å². The molecule has 1 aliphatic heterocycles. The van der Waals surface area contributed by atoms with Gasteiger partial charge < -0.3 is 52.3 Å². The van der Waals surface area contributed by atoms with Gasteiger partial charge in [0.1, 0.15) is 30.2 Å². The van der Waals surface area contributed by atoms with Crippen LogP contribution in [0.15, 0.2) is 30.3 Å². The molecule has 1 aliphatic rings. The molecule has 0 aliphatic carbocycles. The molecule has 0 saturated carbocycles. The van der Waals surface area contributed by atoms with Gasteiger partial charge >= 0.3 is 11.9 Å². The Bertz CT molecular complexity index is 1310. The van der Waals surface area contributed by atoms with Crippen LogP contribution < -0.4 is 27.0 Å². The van der Waals surface area contributed by atoms with Crippen LogP contribution in [0.25, 0.3) is 0 Å². The van der Waals surface area contributed by atoms with Gasteiger partial charge in [-0.25, -0.2) is 4.79 Å². The summed E-state index contributed by atoms with van der Waals surface area (Å²) in [6.45, 7) is 3.49. The fraction of sp³-hybridized carbons (Fsp3) is 0.581. The minimum Gasteiger partial charge on any atom is -0.481 e. The maximum Gasteiger partial charge on any atom is 0.326 e. The van der Waals surface area contributed by atoms with E-state index in [0.717, 1.165) is 12.5 Å². The molecule has 17 nitrogen and oxygen atoms in total. The number of aliphatic hydroxyl groups excluding tert-OH is 2. The number of carbonyl (C=O) groups excluding carboxylic acids is 5. The molecule has 7 atom stereocenters. The van der Waals surface area contributed by atoms with Gasteiger partial charge in [0.2, 0.25) is 29.5 Å². The van der Waals surface area contributed by atoms with Crippen LogP contribution in [0, 0.1) is 5.92 Å². The van der Waals surface area contributed by atoms with Gasteiger partial charge in [-0.05, 0) is 44.1 Å². The number of benzene rings is 1. The first-order valence-electron chi connectivity index (χ1n) is 15.6. The fourth-order valence-corrected chi connectivity index (χ4v) is 5.16. The Morgan fingerprint density at radius 3 is 2.02 bits per heavy atom. The molecule has 17 heteroatoms. The zero-order chi connectivity index (χ0) is 36.1. The van der Waals surface area contributed by atoms with Crippen LogP contribution in [-0.4, -0.2) is 122 Å².